The van der Waals surface area contributed by atoms with Crippen molar-refractivity contribution in [3.8, 4) is 0 Å². The molecule has 0 fully saturated rings. The van der Waals surface area contributed by atoms with E-state index in [0.29, 0.717) is 22.8 Å². The second-order valence-corrected chi connectivity index (χ2v) is 3.21. The minimum absolute atomic E-state index is 0.209. The summed E-state index contributed by atoms with van der Waals surface area (Å²) >= 11 is 5.75. The molecule has 14 heavy (non-hydrogen) atoms. The molecule has 74 valence electrons. The fourth-order valence-corrected chi connectivity index (χ4v) is 1.25. The van der Waals surface area contributed by atoms with Crippen LogP contribution in [0.3, 0.4) is 0 Å². The van der Waals surface area contributed by atoms with Crippen molar-refractivity contribution < 1.29 is 4.79 Å². The topological polar surface area (TPSA) is 55.1 Å². The second kappa shape index (κ2) is 4.67. The van der Waals surface area contributed by atoms with Gasteiger partial charge in [0, 0.05) is 22.8 Å². The van der Waals surface area contributed by atoms with E-state index in [1.807, 2.05) is 0 Å². The van der Waals surface area contributed by atoms with Crippen LogP contribution in [-0.4, -0.2) is 12.5 Å². The lowest BCUT2D eigenvalue weighted by Gasteiger charge is -2.03. The number of nitrogen functional groups attached to an aromatic ring is 1. The highest BCUT2D eigenvalue weighted by Crippen LogP contribution is 2.16. The Bertz CT molecular complexity index is 343. The van der Waals surface area contributed by atoms with E-state index in [1.165, 1.54) is 0 Å². The van der Waals surface area contributed by atoms with Gasteiger partial charge in [-0.1, -0.05) is 17.7 Å². The number of amides is 1. The highest BCUT2D eigenvalue weighted by atomic mass is 35.5. The molecule has 0 radical (unpaired) electrons. The van der Waals surface area contributed by atoms with Gasteiger partial charge in [-0.25, -0.2) is 0 Å². The summed E-state index contributed by atoms with van der Waals surface area (Å²) in [4.78, 5) is 11.4. The summed E-state index contributed by atoms with van der Waals surface area (Å²) < 4.78 is 0. The zero-order chi connectivity index (χ0) is 10.6. The number of hydrogen-bond acceptors (Lipinski definition) is 2. The van der Waals surface area contributed by atoms with Crippen LogP contribution >= 0.6 is 11.6 Å². The maximum Gasteiger partial charge on any atom is 0.251 e. The molecule has 1 aromatic carbocycles. The second-order valence-electron chi connectivity index (χ2n) is 2.77. The molecule has 0 aliphatic rings. The highest BCUT2D eigenvalue weighted by molar-refractivity contribution is 6.31. The van der Waals surface area contributed by atoms with Crippen LogP contribution in [0, 0.1) is 0 Å². The Labute approximate surface area is 87.6 Å². The zero-order valence-electron chi connectivity index (χ0n) is 7.59. The monoisotopic (exact) mass is 210 g/mol. The van der Waals surface area contributed by atoms with E-state index in [2.05, 4.69) is 11.9 Å². The van der Waals surface area contributed by atoms with Gasteiger partial charge in [0.1, 0.15) is 0 Å². The summed E-state index contributed by atoms with van der Waals surface area (Å²) in [6.07, 6.45) is 1.60. The van der Waals surface area contributed by atoms with Gasteiger partial charge >= 0.3 is 0 Å². The number of halogens is 1. The van der Waals surface area contributed by atoms with Gasteiger partial charge in [0.25, 0.3) is 5.91 Å². The maximum atomic E-state index is 11.4. The molecule has 0 atom stereocenters. The quantitative estimate of drug-likeness (QED) is 0.591. The fourth-order valence-electron chi connectivity index (χ4n) is 1.01. The predicted molar refractivity (Wildman–Crippen MR) is 58.4 cm³/mol. The van der Waals surface area contributed by atoms with E-state index < -0.39 is 0 Å². The van der Waals surface area contributed by atoms with Gasteiger partial charge in [-0.2, -0.15) is 0 Å². The van der Waals surface area contributed by atoms with E-state index in [9.17, 15) is 4.79 Å². The van der Waals surface area contributed by atoms with Gasteiger partial charge in [-0.3, -0.25) is 4.79 Å². The Kier molecular flexibility index (Phi) is 3.54. The van der Waals surface area contributed by atoms with E-state index >= 15 is 0 Å². The van der Waals surface area contributed by atoms with Crippen molar-refractivity contribution in [2.75, 3.05) is 12.3 Å². The summed E-state index contributed by atoms with van der Waals surface area (Å²) in [5.74, 6) is -0.209. The zero-order valence-corrected chi connectivity index (χ0v) is 8.34. The molecular formula is C10H11ClN2O. The van der Waals surface area contributed by atoms with Gasteiger partial charge < -0.3 is 11.1 Å². The third-order valence-corrected chi connectivity index (χ3v) is 1.81. The molecular weight excluding hydrogens is 200 g/mol. The number of benzene rings is 1. The van der Waals surface area contributed by atoms with Gasteiger partial charge in [0.2, 0.25) is 0 Å². The minimum Gasteiger partial charge on any atom is -0.399 e. The lowest BCUT2D eigenvalue weighted by Crippen LogP contribution is -2.23. The summed E-state index contributed by atoms with van der Waals surface area (Å²) in [5.41, 5.74) is 6.47. The first-order valence-corrected chi connectivity index (χ1v) is 4.46. The molecule has 4 heteroatoms. The van der Waals surface area contributed by atoms with Crippen molar-refractivity contribution >= 4 is 23.2 Å². The minimum atomic E-state index is -0.209. The van der Waals surface area contributed by atoms with Crippen LogP contribution in [0.5, 0.6) is 0 Å². The molecule has 0 aromatic heterocycles. The van der Waals surface area contributed by atoms with Crippen molar-refractivity contribution in [3.05, 3.63) is 41.4 Å². The van der Waals surface area contributed by atoms with E-state index in [4.69, 9.17) is 17.3 Å². The lowest BCUT2D eigenvalue weighted by atomic mass is 10.2. The summed E-state index contributed by atoms with van der Waals surface area (Å²) in [6, 6.07) is 4.73. The van der Waals surface area contributed by atoms with Crippen molar-refractivity contribution in [1.82, 2.24) is 5.32 Å². The van der Waals surface area contributed by atoms with Crippen LogP contribution in [-0.2, 0) is 0 Å². The molecule has 0 unspecified atom stereocenters. The molecule has 0 aliphatic heterocycles. The molecule has 0 saturated carbocycles. The van der Waals surface area contributed by atoms with Crippen molar-refractivity contribution in [2.45, 2.75) is 0 Å². The number of anilines is 1. The van der Waals surface area contributed by atoms with Crippen LogP contribution in [0.15, 0.2) is 30.9 Å². The van der Waals surface area contributed by atoms with Gasteiger partial charge in [-0.05, 0) is 18.2 Å². The van der Waals surface area contributed by atoms with Crippen LogP contribution in [0.4, 0.5) is 5.69 Å². The molecule has 0 heterocycles. The first-order valence-electron chi connectivity index (χ1n) is 4.08. The number of hydrogen-bond donors (Lipinski definition) is 2. The Morgan fingerprint density at radius 2 is 2.29 bits per heavy atom. The molecule has 3 nitrogen and oxygen atoms in total. The predicted octanol–water partition coefficient (Wildman–Crippen LogP) is 1.84. The Balaban J connectivity index is 2.84. The van der Waals surface area contributed by atoms with Gasteiger partial charge in [0.15, 0.2) is 0 Å². The van der Waals surface area contributed by atoms with E-state index in [-0.39, 0.29) is 5.91 Å². The van der Waals surface area contributed by atoms with Gasteiger partial charge in [0.05, 0.1) is 0 Å². The van der Waals surface area contributed by atoms with Crippen molar-refractivity contribution in [2.24, 2.45) is 0 Å². The summed E-state index contributed by atoms with van der Waals surface area (Å²) in [5, 5.41) is 3.08. The van der Waals surface area contributed by atoms with Gasteiger partial charge in [-0.15, -0.1) is 6.58 Å². The molecule has 1 rings (SSSR count). The van der Waals surface area contributed by atoms with Crippen LogP contribution in [0.25, 0.3) is 0 Å². The first-order chi connectivity index (χ1) is 6.63. The Morgan fingerprint density at radius 3 is 2.86 bits per heavy atom. The van der Waals surface area contributed by atoms with Crippen LogP contribution in [0.1, 0.15) is 10.4 Å². The molecule has 0 saturated heterocycles. The molecule has 0 aliphatic carbocycles. The molecule has 0 bridgehead atoms. The van der Waals surface area contributed by atoms with E-state index in [1.54, 1.807) is 24.3 Å². The number of carbonyl (C=O) groups is 1. The number of carbonyl (C=O) groups excluding carboxylic acids is 1. The summed E-state index contributed by atoms with van der Waals surface area (Å²) in [7, 11) is 0. The molecule has 3 N–H and O–H groups in total. The average molecular weight is 211 g/mol. The van der Waals surface area contributed by atoms with Crippen molar-refractivity contribution in [1.29, 1.82) is 0 Å². The number of nitrogens with one attached hydrogen (secondary N) is 1. The largest absolute Gasteiger partial charge is 0.399 e. The molecule has 1 aromatic rings. The standard InChI is InChI=1S/C10H11ClN2O/c1-2-3-13-10(14)7-4-8(11)6-9(12)5-7/h2,4-6H,1,3,12H2,(H,13,14). The maximum absolute atomic E-state index is 11.4. The van der Waals surface area contributed by atoms with Crippen LogP contribution in [0.2, 0.25) is 5.02 Å². The Hall–Kier alpha value is -1.48. The smallest absolute Gasteiger partial charge is 0.251 e. The number of nitrogens with two attached hydrogens (primary N) is 1. The lowest BCUT2D eigenvalue weighted by molar-refractivity contribution is 0.0958. The third-order valence-electron chi connectivity index (χ3n) is 1.59. The average Bonchev–Trinajstić information content (AvgIpc) is 2.12. The van der Waals surface area contributed by atoms with E-state index in [0.717, 1.165) is 0 Å². The SMILES string of the molecule is C=CCNC(=O)c1cc(N)cc(Cl)c1. The normalized spacial score (nSPS) is 9.50. The number of rotatable bonds is 3. The Morgan fingerprint density at radius 1 is 1.57 bits per heavy atom. The highest BCUT2D eigenvalue weighted by Gasteiger charge is 2.05. The van der Waals surface area contributed by atoms with Crippen LogP contribution < -0.4 is 11.1 Å². The third kappa shape index (κ3) is 2.78. The van der Waals surface area contributed by atoms with Crippen molar-refractivity contribution in [3.63, 3.8) is 0 Å². The molecule has 1 amide bonds. The fraction of sp³-hybridized carbons (Fsp3) is 0.100. The molecule has 0 spiro atoms. The summed E-state index contributed by atoms with van der Waals surface area (Å²) in [6.45, 7) is 3.92. The first kappa shape index (κ1) is 10.6.